The number of rotatable bonds is 12. The van der Waals surface area contributed by atoms with Crippen LogP contribution in [0.4, 0.5) is 0 Å². The monoisotopic (exact) mass is 372 g/mol. The van der Waals surface area contributed by atoms with Crippen molar-refractivity contribution >= 4 is 25.2 Å². The molecule has 0 aromatic carbocycles. The zero-order chi connectivity index (χ0) is 18.0. The standard InChI is InChI=1S/C16H32O4Si3/c1-9-17-13-11-15-21(3,4)19-23(7,8)20-22(5,6)16-12-14-18-10-2/h1-2H,11-16H2,3-8H3. The summed E-state index contributed by atoms with van der Waals surface area (Å²) in [5.74, 6) is 0. The first kappa shape index (κ1) is 22.3. The Morgan fingerprint density at radius 3 is 1.35 bits per heavy atom. The van der Waals surface area contributed by atoms with Crippen molar-refractivity contribution in [1.29, 1.82) is 0 Å². The second kappa shape index (κ2) is 10.2. The molecule has 0 bridgehead atoms. The Morgan fingerprint density at radius 2 is 1.04 bits per heavy atom. The summed E-state index contributed by atoms with van der Waals surface area (Å²) in [6, 6.07) is 2.04. The van der Waals surface area contributed by atoms with Crippen molar-refractivity contribution in [2.75, 3.05) is 13.2 Å². The number of hydrogen-bond acceptors (Lipinski definition) is 4. The van der Waals surface area contributed by atoms with Gasteiger partial charge in [0, 0.05) is 0 Å². The van der Waals surface area contributed by atoms with Gasteiger partial charge in [-0.05, 0) is 64.2 Å². The largest absolute Gasteiger partial charge is 0.447 e. The number of terminal acetylenes is 2. The lowest BCUT2D eigenvalue weighted by molar-refractivity contribution is 0.274. The molecule has 0 aliphatic carbocycles. The van der Waals surface area contributed by atoms with Gasteiger partial charge in [0.05, 0.1) is 13.2 Å². The summed E-state index contributed by atoms with van der Waals surface area (Å²) >= 11 is 0. The average molecular weight is 373 g/mol. The third-order valence-electron chi connectivity index (χ3n) is 3.26. The summed E-state index contributed by atoms with van der Waals surface area (Å²) in [6.07, 6.45) is 16.4. The van der Waals surface area contributed by atoms with E-state index in [2.05, 4.69) is 51.5 Å². The molecule has 0 aliphatic rings. The van der Waals surface area contributed by atoms with Gasteiger partial charge in [0.25, 0.3) is 0 Å². The molecule has 0 fully saturated rings. The van der Waals surface area contributed by atoms with Crippen LogP contribution in [0.1, 0.15) is 12.8 Å². The van der Waals surface area contributed by atoms with Crippen LogP contribution in [0.3, 0.4) is 0 Å². The zero-order valence-corrected chi connectivity index (χ0v) is 18.5. The normalized spacial score (nSPS) is 12.3. The van der Waals surface area contributed by atoms with Crippen LogP contribution in [-0.4, -0.2) is 38.4 Å². The van der Waals surface area contributed by atoms with E-state index < -0.39 is 25.2 Å². The van der Waals surface area contributed by atoms with Gasteiger partial charge in [-0.25, -0.2) is 0 Å². The minimum atomic E-state index is -2.15. The second-order valence-electron chi connectivity index (χ2n) is 7.26. The molecule has 4 nitrogen and oxygen atoms in total. The first-order valence-electron chi connectivity index (χ1n) is 8.09. The molecule has 0 radical (unpaired) electrons. The predicted molar refractivity (Wildman–Crippen MR) is 103 cm³/mol. The van der Waals surface area contributed by atoms with Gasteiger partial charge in [-0.1, -0.05) is 12.8 Å². The summed E-state index contributed by atoms with van der Waals surface area (Å²) in [5.41, 5.74) is 0. The van der Waals surface area contributed by atoms with Gasteiger partial charge in [0.1, 0.15) is 12.2 Å². The van der Waals surface area contributed by atoms with E-state index >= 15 is 0 Å². The maximum Gasteiger partial charge on any atom is 0.311 e. The molecule has 0 heterocycles. The molecule has 0 aromatic heterocycles. The SMILES string of the molecule is C#COCCC[Si](C)(C)O[Si](C)(C)O[Si](C)(C)CCCOC#C. The summed E-state index contributed by atoms with van der Waals surface area (Å²) in [6.45, 7) is 14.4. The molecule has 7 heteroatoms. The van der Waals surface area contributed by atoms with E-state index in [0.717, 1.165) is 24.9 Å². The third-order valence-corrected chi connectivity index (χ3v) is 14.7. The van der Waals surface area contributed by atoms with Crippen molar-refractivity contribution in [1.82, 2.24) is 0 Å². The first-order valence-corrected chi connectivity index (χ1v) is 17.1. The fourth-order valence-corrected chi connectivity index (χ4v) is 16.7. The molecule has 0 aromatic rings. The Kier molecular flexibility index (Phi) is 9.90. The topological polar surface area (TPSA) is 36.9 Å². The lowest BCUT2D eigenvalue weighted by Gasteiger charge is -2.38. The van der Waals surface area contributed by atoms with Crippen LogP contribution < -0.4 is 0 Å². The maximum absolute atomic E-state index is 6.49. The minimum Gasteiger partial charge on any atom is -0.447 e. The van der Waals surface area contributed by atoms with Crippen molar-refractivity contribution < 1.29 is 17.7 Å². The van der Waals surface area contributed by atoms with E-state index in [1.54, 1.807) is 0 Å². The molecule has 0 saturated heterocycles. The summed E-state index contributed by atoms with van der Waals surface area (Å²) < 4.78 is 22.9. The summed E-state index contributed by atoms with van der Waals surface area (Å²) in [4.78, 5) is 0. The quantitative estimate of drug-likeness (QED) is 0.293. The molecule has 0 aliphatic heterocycles. The maximum atomic E-state index is 6.49. The van der Waals surface area contributed by atoms with Gasteiger partial charge >= 0.3 is 8.56 Å². The van der Waals surface area contributed by atoms with Crippen molar-refractivity contribution in [3.05, 3.63) is 0 Å². The Bertz CT molecular complexity index is 384. The van der Waals surface area contributed by atoms with Gasteiger partial charge in [-0.3, -0.25) is 0 Å². The summed E-state index contributed by atoms with van der Waals surface area (Å²) in [5, 5.41) is 0. The Morgan fingerprint density at radius 1 is 0.696 bits per heavy atom. The van der Waals surface area contributed by atoms with Crippen LogP contribution in [0.5, 0.6) is 0 Å². The molecule has 132 valence electrons. The van der Waals surface area contributed by atoms with Crippen LogP contribution in [-0.2, 0) is 17.7 Å². The Balaban J connectivity index is 4.38. The van der Waals surface area contributed by atoms with E-state index in [1.807, 2.05) is 0 Å². The van der Waals surface area contributed by atoms with Crippen molar-refractivity contribution in [2.45, 2.75) is 64.2 Å². The molecule has 23 heavy (non-hydrogen) atoms. The van der Waals surface area contributed by atoms with Crippen LogP contribution >= 0.6 is 0 Å². The van der Waals surface area contributed by atoms with E-state index in [4.69, 9.17) is 30.6 Å². The fraction of sp³-hybridized carbons (Fsp3) is 0.750. The highest BCUT2D eigenvalue weighted by molar-refractivity contribution is 6.87. The Labute approximate surface area is 145 Å². The van der Waals surface area contributed by atoms with Crippen molar-refractivity contribution in [3.8, 4) is 25.1 Å². The van der Waals surface area contributed by atoms with Gasteiger partial charge in [-0.2, -0.15) is 0 Å². The molecule has 0 unspecified atom stereocenters. The first-order chi connectivity index (χ1) is 10.5. The van der Waals surface area contributed by atoms with E-state index in [-0.39, 0.29) is 0 Å². The van der Waals surface area contributed by atoms with E-state index in [1.165, 1.54) is 0 Å². The van der Waals surface area contributed by atoms with Gasteiger partial charge < -0.3 is 17.7 Å². The molecule has 0 saturated carbocycles. The van der Waals surface area contributed by atoms with Crippen LogP contribution in [0.15, 0.2) is 0 Å². The Hall–Kier alpha value is -0.709. The molecule has 0 N–H and O–H groups in total. The van der Waals surface area contributed by atoms with Crippen molar-refractivity contribution in [2.24, 2.45) is 0 Å². The molecule has 0 spiro atoms. The fourth-order valence-electron chi connectivity index (χ4n) is 2.71. The van der Waals surface area contributed by atoms with Crippen LogP contribution in [0.25, 0.3) is 0 Å². The highest BCUT2D eigenvalue weighted by atomic mass is 28.5. The average Bonchev–Trinajstić information content (AvgIpc) is 2.37. The van der Waals surface area contributed by atoms with E-state index in [0.29, 0.717) is 13.2 Å². The molecule has 0 atom stereocenters. The van der Waals surface area contributed by atoms with Gasteiger partial charge in [-0.15, -0.1) is 0 Å². The molecule has 0 amide bonds. The highest BCUT2D eigenvalue weighted by Gasteiger charge is 2.39. The third kappa shape index (κ3) is 12.4. The number of ether oxygens (including phenoxy) is 2. The van der Waals surface area contributed by atoms with Gasteiger partial charge in [0.2, 0.25) is 0 Å². The smallest absolute Gasteiger partial charge is 0.311 e. The van der Waals surface area contributed by atoms with Crippen LogP contribution in [0, 0.1) is 25.1 Å². The van der Waals surface area contributed by atoms with E-state index in [9.17, 15) is 0 Å². The lowest BCUT2D eigenvalue weighted by Crippen LogP contribution is -2.52. The van der Waals surface area contributed by atoms with Crippen molar-refractivity contribution in [3.63, 3.8) is 0 Å². The molecular formula is C16H32O4Si3. The predicted octanol–water partition coefficient (Wildman–Crippen LogP) is 4.13. The van der Waals surface area contributed by atoms with Gasteiger partial charge in [0.15, 0.2) is 16.6 Å². The molecular weight excluding hydrogens is 340 g/mol. The zero-order valence-electron chi connectivity index (χ0n) is 15.5. The second-order valence-corrected chi connectivity index (χ2v) is 19.7. The summed E-state index contributed by atoms with van der Waals surface area (Å²) in [7, 11) is -5.70. The minimum absolute atomic E-state index is 0.592. The molecule has 0 rings (SSSR count). The van der Waals surface area contributed by atoms with Crippen LogP contribution in [0.2, 0.25) is 51.4 Å². The highest BCUT2D eigenvalue weighted by Crippen LogP contribution is 2.25. The number of hydrogen-bond donors (Lipinski definition) is 0. The lowest BCUT2D eigenvalue weighted by atomic mass is 10.5.